The van der Waals surface area contributed by atoms with E-state index >= 15 is 0 Å². The van der Waals surface area contributed by atoms with Crippen molar-refractivity contribution in [2.24, 2.45) is 0 Å². The zero-order valence-corrected chi connectivity index (χ0v) is 16.8. The third kappa shape index (κ3) is 4.54. The maximum atomic E-state index is 13.3. The van der Waals surface area contributed by atoms with Gasteiger partial charge in [-0.3, -0.25) is 9.78 Å². The van der Waals surface area contributed by atoms with Crippen LogP contribution in [0.2, 0.25) is 0 Å². The molecule has 1 atom stereocenters. The Kier molecular flexibility index (Phi) is 5.84. The number of aromatic nitrogens is 3. The van der Waals surface area contributed by atoms with Gasteiger partial charge in [0.2, 0.25) is 5.91 Å². The summed E-state index contributed by atoms with van der Waals surface area (Å²) >= 11 is 0. The van der Waals surface area contributed by atoms with Gasteiger partial charge in [-0.05, 0) is 36.2 Å². The maximum absolute atomic E-state index is 13.3. The van der Waals surface area contributed by atoms with E-state index in [0.29, 0.717) is 19.4 Å². The molecule has 2 heterocycles. The van der Waals surface area contributed by atoms with Gasteiger partial charge in [-0.2, -0.15) is 0 Å². The topological polar surface area (TPSA) is 59.8 Å². The molecule has 0 aliphatic heterocycles. The average molecular weight is 402 g/mol. The molecule has 30 heavy (non-hydrogen) atoms. The van der Waals surface area contributed by atoms with Gasteiger partial charge in [0.05, 0.1) is 23.3 Å². The number of nitrogens with one attached hydrogen (secondary N) is 1. The normalized spacial score (nSPS) is 12.1. The van der Waals surface area contributed by atoms with Crippen LogP contribution < -0.4 is 5.32 Å². The summed E-state index contributed by atoms with van der Waals surface area (Å²) < 4.78 is 15.3. The van der Waals surface area contributed by atoms with E-state index in [4.69, 9.17) is 4.98 Å². The fourth-order valence-electron chi connectivity index (χ4n) is 3.52. The monoisotopic (exact) mass is 402 g/mol. The Hall–Kier alpha value is -3.54. The fraction of sp³-hybridized carbons (Fsp3) is 0.208. The summed E-state index contributed by atoms with van der Waals surface area (Å²) in [5.74, 6) is 0.523. The highest BCUT2D eigenvalue weighted by Gasteiger charge is 2.14. The van der Waals surface area contributed by atoms with Gasteiger partial charge < -0.3 is 9.88 Å². The third-order valence-electron chi connectivity index (χ3n) is 5.14. The highest BCUT2D eigenvalue weighted by Crippen LogP contribution is 2.19. The number of imidazole rings is 1. The minimum atomic E-state index is -0.264. The van der Waals surface area contributed by atoms with Crippen molar-refractivity contribution in [3.8, 4) is 0 Å². The molecule has 2 aromatic heterocycles. The second-order valence-corrected chi connectivity index (χ2v) is 7.30. The van der Waals surface area contributed by atoms with Crippen molar-refractivity contribution in [2.45, 2.75) is 32.4 Å². The Labute approximate surface area is 174 Å². The van der Waals surface area contributed by atoms with Crippen LogP contribution in [-0.4, -0.2) is 20.4 Å². The number of fused-ring (bicyclic) bond motifs is 1. The molecule has 4 aromatic rings. The van der Waals surface area contributed by atoms with Crippen molar-refractivity contribution in [3.05, 3.63) is 95.8 Å². The molecule has 1 N–H and O–H groups in total. The van der Waals surface area contributed by atoms with Gasteiger partial charge in [0, 0.05) is 25.6 Å². The Morgan fingerprint density at radius 2 is 1.87 bits per heavy atom. The van der Waals surface area contributed by atoms with E-state index < -0.39 is 0 Å². The molecule has 0 saturated carbocycles. The van der Waals surface area contributed by atoms with Crippen molar-refractivity contribution >= 4 is 16.9 Å². The van der Waals surface area contributed by atoms with E-state index in [9.17, 15) is 9.18 Å². The van der Waals surface area contributed by atoms with E-state index in [1.165, 1.54) is 12.1 Å². The van der Waals surface area contributed by atoms with Crippen LogP contribution in [0.3, 0.4) is 0 Å². The number of carbonyl (C=O) groups is 1. The SMILES string of the molecule is C[C@H](NC(=O)CCc1nc2ccncc2n1Cc1ccc(F)cc1)c1ccccc1. The fourth-order valence-corrected chi connectivity index (χ4v) is 3.52. The number of halogens is 1. The number of benzene rings is 2. The van der Waals surface area contributed by atoms with E-state index in [-0.39, 0.29) is 17.8 Å². The van der Waals surface area contributed by atoms with Gasteiger partial charge in [0.15, 0.2) is 0 Å². The highest BCUT2D eigenvalue weighted by molar-refractivity contribution is 5.77. The average Bonchev–Trinajstić information content (AvgIpc) is 3.12. The number of nitrogens with zero attached hydrogens (tertiary/aromatic N) is 3. The molecule has 0 aliphatic carbocycles. The van der Waals surface area contributed by atoms with Crippen molar-refractivity contribution in [1.29, 1.82) is 0 Å². The quantitative estimate of drug-likeness (QED) is 0.498. The number of hydrogen-bond donors (Lipinski definition) is 1. The lowest BCUT2D eigenvalue weighted by Crippen LogP contribution is -2.27. The number of aryl methyl sites for hydroxylation is 1. The van der Waals surface area contributed by atoms with Crippen LogP contribution in [0.4, 0.5) is 4.39 Å². The van der Waals surface area contributed by atoms with Crippen LogP contribution in [0.25, 0.3) is 11.0 Å². The van der Waals surface area contributed by atoms with E-state index in [1.54, 1.807) is 24.5 Å². The van der Waals surface area contributed by atoms with Crippen LogP contribution >= 0.6 is 0 Å². The molecule has 5 nitrogen and oxygen atoms in total. The van der Waals surface area contributed by atoms with Gasteiger partial charge in [-0.25, -0.2) is 9.37 Å². The molecule has 6 heteroatoms. The molecular weight excluding hydrogens is 379 g/mol. The first kappa shape index (κ1) is 19.8. The second-order valence-electron chi connectivity index (χ2n) is 7.30. The van der Waals surface area contributed by atoms with Crippen LogP contribution in [0.1, 0.15) is 36.3 Å². The standard InChI is InChI=1S/C24H23FN4O/c1-17(19-5-3-2-4-6-19)27-24(30)12-11-23-28-21-13-14-26-15-22(21)29(23)16-18-7-9-20(25)10-8-18/h2-10,13-15,17H,11-12,16H2,1H3,(H,27,30)/t17-/m0/s1. The summed E-state index contributed by atoms with van der Waals surface area (Å²) in [5, 5.41) is 3.05. The van der Waals surface area contributed by atoms with Gasteiger partial charge >= 0.3 is 0 Å². The first-order valence-corrected chi connectivity index (χ1v) is 9.98. The number of rotatable bonds is 7. The minimum Gasteiger partial charge on any atom is -0.350 e. The van der Waals surface area contributed by atoms with Gasteiger partial charge in [0.1, 0.15) is 11.6 Å². The highest BCUT2D eigenvalue weighted by atomic mass is 19.1. The van der Waals surface area contributed by atoms with Crippen LogP contribution in [0.5, 0.6) is 0 Å². The second kappa shape index (κ2) is 8.86. The van der Waals surface area contributed by atoms with Crippen LogP contribution in [0.15, 0.2) is 73.1 Å². The lowest BCUT2D eigenvalue weighted by Gasteiger charge is -2.14. The lowest BCUT2D eigenvalue weighted by atomic mass is 10.1. The molecule has 2 aromatic carbocycles. The van der Waals surface area contributed by atoms with E-state index in [0.717, 1.165) is 28.0 Å². The Morgan fingerprint density at radius 1 is 1.10 bits per heavy atom. The van der Waals surface area contributed by atoms with Crippen LogP contribution in [-0.2, 0) is 17.8 Å². The summed E-state index contributed by atoms with van der Waals surface area (Å²) in [6, 6.07) is 18.1. The first-order chi connectivity index (χ1) is 14.6. The molecule has 0 spiro atoms. The first-order valence-electron chi connectivity index (χ1n) is 9.98. The van der Waals surface area contributed by atoms with Gasteiger partial charge in [0.25, 0.3) is 0 Å². The van der Waals surface area contributed by atoms with Crippen molar-refractivity contribution in [1.82, 2.24) is 19.9 Å². The molecule has 0 bridgehead atoms. The van der Waals surface area contributed by atoms with E-state index in [2.05, 4.69) is 10.3 Å². The maximum Gasteiger partial charge on any atom is 0.220 e. The predicted octanol–water partition coefficient (Wildman–Crippen LogP) is 4.43. The number of carbonyl (C=O) groups excluding carboxylic acids is 1. The summed E-state index contributed by atoms with van der Waals surface area (Å²) in [6.07, 6.45) is 4.31. The van der Waals surface area contributed by atoms with Gasteiger partial charge in [-0.1, -0.05) is 42.5 Å². The van der Waals surface area contributed by atoms with Crippen molar-refractivity contribution in [3.63, 3.8) is 0 Å². The molecule has 4 rings (SSSR count). The zero-order chi connectivity index (χ0) is 20.9. The molecule has 0 unspecified atom stereocenters. The van der Waals surface area contributed by atoms with Crippen LogP contribution in [0, 0.1) is 5.82 Å². The number of amides is 1. The Morgan fingerprint density at radius 3 is 2.63 bits per heavy atom. The third-order valence-corrected chi connectivity index (χ3v) is 5.14. The largest absolute Gasteiger partial charge is 0.350 e. The predicted molar refractivity (Wildman–Crippen MR) is 114 cm³/mol. The molecule has 1 amide bonds. The molecular formula is C24H23FN4O. The minimum absolute atomic E-state index is 0.0233. The van der Waals surface area contributed by atoms with Crippen molar-refractivity contribution in [2.75, 3.05) is 0 Å². The smallest absolute Gasteiger partial charge is 0.220 e. The Balaban J connectivity index is 1.49. The molecule has 152 valence electrons. The van der Waals surface area contributed by atoms with Crippen molar-refractivity contribution < 1.29 is 9.18 Å². The Bertz CT molecular complexity index is 1140. The summed E-state index contributed by atoms with van der Waals surface area (Å²) in [4.78, 5) is 21.4. The number of pyridine rings is 1. The van der Waals surface area contributed by atoms with E-state index in [1.807, 2.05) is 47.9 Å². The molecule has 0 aliphatic rings. The molecule has 0 radical (unpaired) electrons. The van der Waals surface area contributed by atoms with Gasteiger partial charge in [-0.15, -0.1) is 0 Å². The number of hydrogen-bond acceptors (Lipinski definition) is 3. The molecule has 0 fully saturated rings. The summed E-state index contributed by atoms with van der Waals surface area (Å²) in [5.41, 5.74) is 3.76. The summed E-state index contributed by atoms with van der Waals surface area (Å²) in [7, 11) is 0. The zero-order valence-electron chi connectivity index (χ0n) is 16.8. The molecule has 0 saturated heterocycles. The lowest BCUT2D eigenvalue weighted by molar-refractivity contribution is -0.121. The summed E-state index contributed by atoms with van der Waals surface area (Å²) in [6.45, 7) is 2.52.